The minimum Gasteiger partial charge on any atom is -0.444 e. The van der Waals surface area contributed by atoms with Gasteiger partial charge in [0.1, 0.15) is 5.60 Å². The van der Waals surface area contributed by atoms with Crippen molar-refractivity contribution in [2.75, 3.05) is 26.2 Å². The Hall–Kier alpha value is -3.43. The van der Waals surface area contributed by atoms with E-state index in [9.17, 15) is 9.59 Å². The molecular formula is C23H28N6O4. The van der Waals surface area contributed by atoms with E-state index < -0.39 is 5.60 Å². The fourth-order valence-electron chi connectivity index (χ4n) is 4.32. The Kier molecular flexibility index (Phi) is 5.30. The second-order valence-electron chi connectivity index (χ2n) is 9.77. The molecule has 0 spiro atoms. The molecule has 0 bridgehead atoms. The molecule has 1 aromatic carbocycles. The molecule has 3 aromatic rings. The summed E-state index contributed by atoms with van der Waals surface area (Å²) < 4.78 is 13.0. The fraction of sp³-hybridized carbons (Fsp3) is 0.522. The topological polar surface area (TPSA) is 107 Å². The number of hydrogen-bond acceptors (Lipinski definition) is 7. The summed E-state index contributed by atoms with van der Waals surface area (Å²) in [6.07, 6.45) is 4.07. The van der Waals surface area contributed by atoms with Crippen LogP contribution < -0.4 is 0 Å². The second kappa shape index (κ2) is 8.17. The van der Waals surface area contributed by atoms with Gasteiger partial charge in [-0.25, -0.2) is 4.79 Å². The number of aromatic nitrogens is 4. The molecule has 0 unspecified atom stereocenters. The first-order valence-corrected chi connectivity index (χ1v) is 11.3. The monoisotopic (exact) mass is 452 g/mol. The van der Waals surface area contributed by atoms with E-state index in [4.69, 9.17) is 9.26 Å². The number of nitrogens with zero attached hydrogens (tertiary/aromatic N) is 6. The number of ether oxygens (including phenoxy) is 1. The number of benzene rings is 1. The zero-order valence-corrected chi connectivity index (χ0v) is 19.1. The standard InChI is InChI=1S/C23H28N6O4/c1-23(2,3)32-22(31)28-12-18(13-28)29-19-10-16(4-5-17(19)11-24-29)20-25-21(33-26-20)15-6-8-27(14-30)9-7-15/h4-5,10-11,14-15,18H,6-9,12-13H2,1-3H3. The molecule has 2 aliphatic heterocycles. The Labute approximate surface area is 191 Å². The zero-order valence-electron chi connectivity index (χ0n) is 19.1. The molecule has 0 saturated carbocycles. The van der Waals surface area contributed by atoms with Crippen LogP contribution in [0.15, 0.2) is 28.9 Å². The van der Waals surface area contributed by atoms with Crippen molar-refractivity contribution in [2.45, 2.75) is 51.2 Å². The molecule has 10 nitrogen and oxygen atoms in total. The molecular weight excluding hydrogens is 424 g/mol. The maximum atomic E-state index is 12.3. The number of carbonyl (C=O) groups excluding carboxylic acids is 2. The Balaban J connectivity index is 1.30. The van der Waals surface area contributed by atoms with E-state index in [2.05, 4.69) is 15.2 Å². The Bertz CT molecular complexity index is 1170. The number of amides is 2. The summed E-state index contributed by atoms with van der Waals surface area (Å²) in [6.45, 7) is 8.12. The molecule has 5 rings (SSSR count). The van der Waals surface area contributed by atoms with Crippen LogP contribution in [0.2, 0.25) is 0 Å². The Morgan fingerprint density at radius 2 is 1.97 bits per heavy atom. The predicted molar refractivity (Wildman–Crippen MR) is 119 cm³/mol. The summed E-state index contributed by atoms with van der Waals surface area (Å²) in [4.78, 5) is 31.3. The lowest BCUT2D eigenvalue weighted by atomic mass is 9.97. The van der Waals surface area contributed by atoms with Crippen molar-refractivity contribution in [3.63, 3.8) is 0 Å². The van der Waals surface area contributed by atoms with Crippen LogP contribution in [0.5, 0.6) is 0 Å². The van der Waals surface area contributed by atoms with Gasteiger partial charge >= 0.3 is 6.09 Å². The van der Waals surface area contributed by atoms with Gasteiger partial charge in [0.25, 0.3) is 0 Å². The third kappa shape index (κ3) is 4.29. The third-order valence-electron chi connectivity index (χ3n) is 6.19. The summed E-state index contributed by atoms with van der Waals surface area (Å²) >= 11 is 0. The highest BCUT2D eigenvalue weighted by Crippen LogP contribution is 2.31. The van der Waals surface area contributed by atoms with E-state index in [0.29, 0.717) is 37.9 Å². The highest BCUT2D eigenvalue weighted by atomic mass is 16.6. The molecule has 0 radical (unpaired) electrons. The van der Waals surface area contributed by atoms with Crippen LogP contribution in [0.25, 0.3) is 22.3 Å². The van der Waals surface area contributed by atoms with Crippen molar-refractivity contribution in [1.29, 1.82) is 0 Å². The van der Waals surface area contributed by atoms with Crippen LogP contribution in [-0.2, 0) is 9.53 Å². The van der Waals surface area contributed by atoms with E-state index in [1.807, 2.05) is 49.8 Å². The summed E-state index contributed by atoms with van der Waals surface area (Å²) in [5.74, 6) is 1.34. The number of piperidine rings is 1. The molecule has 0 N–H and O–H groups in total. The first-order valence-electron chi connectivity index (χ1n) is 11.3. The van der Waals surface area contributed by atoms with Gasteiger partial charge in [-0.1, -0.05) is 17.3 Å². The maximum Gasteiger partial charge on any atom is 0.410 e. The molecule has 2 saturated heterocycles. The van der Waals surface area contributed by atoms with Crippen molar-refractivity contribution in [3.05, 3.63) is 30.3 Å². The van der Waals surface area contributed by atoms with Crippen LogP contribution in [0, 0.1) is 0 Å². The van der Waals surface area contributed by atoms with Crippen LogP contribution in [-0.4, -0.2) is 74.0 Å². The number of hydrogen-bond donors (Lipinski definition) is 0. The SMILES string of the molecule is CC(C)(C)OC(=O)N1CC(n2ncc3ccc(-c4noc(C5CCN(C=O)CC5)n4)cc32)C1. The highest BCUT2D eigenvalue weighted by molar-refractivity contribution is 5.83. The van der Waals surface area contributed by atoms with Gasteiger partial charge in [0.2, 0.25) is 18.1 Å². The first kappa shape index (κ1) is 21.4. The quantitative estimate of drug-likeness (QED) is 0.560. The summed E-state index contributed by atoms with van der Waals surface area (Å²) in [5.41, 5.74) is 1.31. The fourth-order valence-corrected chi connectivity index (χ4v) is 4.32. The van der Waals surface area contributed by atoms with E-state index >= 15 is 0 Å². The summed E-state index contributed by atoms with van der Waals surface area (Å²) in [5, 5.41) is 9.77. The largest absolute Gasteiger partial charge is 0.444 e. The summed E-state index contributed by atoms with van der Waals surface area (Å²) in [6, 6.07) is 6.07. The van der Waals surface area contributed by atoms with Crippen molar-refractivity contribution in [2.24, 2.45) is 0 Å². The molecule has 2 fully saturated rings. The van der Waals surface area contributed by atoms with Gasteiger partial charge in [0.15, 0.2) is 0 Å². The predicted octanol–water partition coefficient (Wildman–Crippen LogP) is 3.21. The minimum absolute atomic E-state index is 0.0918. The van der Waals surface area contributed by atoms with Gasteiger partial charge in [-0.2, -0.15) is 10.1 Å². The molecule has 33 heavy (non-hydrogen) atoms. The molecule has 2 aliphatic rings. The van der Waals surface area contributed by atoms with Crippen LogP contribution in [0.3, 0.4) is 0 Å². The minimum atomic E-state index is -0.510. The van der Waals surface area contributed by atoms with Crippen LogP contribution in [0.4, 0.5) is 4.79 Å². The Morgan fingerprint density at radius 1 is 1.21 bits per heavy atom. The molecule has 2 amide bonds. The lowest BCUT2D eigenvalue weighted by Crippen LogP contribution is -2.52. The zero-order chi connectivity index (χ0) is 23.2. The van der Waals surface area contributed by atoms with E-state index in [0.717, 1.165) is 35.7 Å². The highest BCUT2D eigenvalue weighted by Gasteiger charge is 2.36. The average Bonchev–Trinajstić information content (AvgIpc) is 3.39. The van der Waals surface area contributed by atoms with E-state index in [1.165, 1.54) is 0 Å². The molecule has 174 valence electrons. The Morgan fingerprint density at radius 3 is 2.67 bits per heavy atom. The smallest absolute Gasteiger partial charge is 0.410 e. The molecule has 4 heterocycles. The van der Waals surface area contributed by atoms with Gasteiger partial charge in [0.05, 0.1) is 17.8 Å². The molecule has 2 aromatic heterocycles. The number of fused-ring (bicyclic) bond motifs is 1. The van der Waals surface area contributed by atoms with E-state index in [-0.39, 0.29) is 18.1 Å². The lowest BCUT2D eigenvalue weighted by molar-refractivity contribution is -0.119. The molecule has 0 aliphatic carbocycles. The van der Waals surface area contributed by atoms with Gasteiger partial charge in [-0.05, 0) is 39.7 Å². The first-order chi connectivity index (χ1) is 15.8. The number of carbonyl (C=O) groups is 2. The van der Waals surface area contributed by atoms with Crippen molar-refractivity contribution < 1.29 is 18.8 Å². The average molecular weight is 453 g/mol. The molecule has 0 atom stereocenters. The van der Waals surface area contributed by atoms with Gasteiger partial charge in [-0.15, -0.1) is 0 Å². The lowest BCUT2D eigenvalue weighted by Gasteiger charge is -2.39. The van der Waals surface area contributed by atoms with Crippen molar-refractivity contribution in [3.8, 4) is 11.4 Å². The number of rotatable bonds is 4. The second-order valence-corrected chi connectivity index (χ2v) is 9.77. The number of likely N-dealkylation sites (tertiary alicyclic amines) is 2. The van der Waals surface area contributed by atoms with Crippen molar-refractivity contribution >= 4 is 23.4 Å². The molecule has 10 heteroatoms. The van der Waals surface area contributed by atoms with Gasteiger partial charge in [-0.3, -0.25) is 9.48 Å². The maximum absolute atomic E-state index is 12.3. The van der Waals surface area contributed by atoms with Gasteiger partial charge in [0, 0.05) is 43.0 Å². The third-order valence-corrected chi connectivity index (χ3v) is 6.19. The normalized spacial score (nSPS) is 17.9. The van der Waals surface area contributed by atoms with Gasteiger partial charge < -0.3 is 19.1 Å². The van der Waals surface area contributed by atoms with Crippen LogP contribution >= 0.6 is 0 Å². The van der Waals surface area contributed by atoms with Crippen LogP contribution in [0.1, 0.15) is 51.5 Å². The van der Waals surface area contributed by atoms with Crippen molar-refractivity contribution in [1.82, 2.24) is 29.7 Å². The van der Waals surface area contributed by atoms with E-state index in [1.54, 1.807) is 9.80 Å². The summed E-state index contributed by atoms with van der Waals surface area (Å²) in [7, 11) is 0.